The van der Waals surface area contributed by atoms with Gasteiger partial charge in [-0.2, -0.15) is 0 Å². The lowest BCUT2D eigenvalue weighted by Crippen LogP contribution is -2.28. The summed E-state index contributed by atoms with van der Waals surface area (Å²) in [5.74, 6) is 0. The first-order valence-electron chi connectivity index (χ1n) is 23.0. The molecule has 0 spiro atoms. The summed E-state index contributed by atoms with van der Waals surface area (Å²) in [5, 5.41) is 2.18. The molecule has 0 atom stereocenters. The average Bonchev–Trinajstić information content (AvgIpc) is 3.98. The van der Waals surface area contributed by atoms with Crippen LogP contribution in [0.25, 0.3) is 66.4 Å². The second kappa shape index (κ2) is 14.7. The van der Waals surface area contributed by atoms with Crippen molar-refractivity contribution in [2.24, 2.45) is 0 Å². The molecule has 1 aromatic heterocycles. The van der Waals surface area contributed by atoms with E-state index in [9.17, 15) is 0 Å². The third-order valence-corrected chi connectivity index (χ3v) is 14.5. The highest BCUT2D eigenvalue weighted by Gasteiger charge is 2.49. The van der Waals surface area contributed by atoms with Gasteiger partial charge in [-0.05, 0) is 115 Å². The molecule has 0 amide bonds. The molecule has 0 N–H and O–H groups in total. The minimum Gasteiger partial charge on any atom is -0.456 e. The fraction of sp³-hybridized carbons (Fsp3) is 0.0625. The summed E-state index contributed by atoms with van der Waals surface area (Å²) in [7, 11) is 0. The maximum atomic E-state index is 7.10. The number of para-hydroxylation sites is 1. The lowest BCUT2D eigenvalue weighted by atomic mass is 9.67. The molecule has 0 aliphatic heterocycles. The summed E-state index contributed by atoms with van der Waals surface area (Å²) in [5.41, 5.74) is 21.4. The van der Waals surface area contributed by atoms with Crippen molar-refractivity contribution in [3.63, 3.8) is 0 Å². The average molecular weight is 844 g/mol. The summed E-state index contributed by atoms with van der Waals surface area (Å²) in [6.07, 6.45) is 0. The van der Waals surface area contributed by atoms with Crippen LogP contribution in [0, 0.1) is 0 Å². The molecule has 2 heteroatoms. The van der Waals surface area contributed by atoms with Crippen molar-refractivity contribution in [1.29, 1.82) is 0 Å². The summed E-state index contributed by atoms with van der Waals surface area (Å²) < 4.78 is 7.10. The molecule has 0 radical (unpaired) electrons. The number of anilines is 3. The van der Waals surface area contributed by atoms with Gasteiger partial charge in [0.15, 0.2) is 0 Å². The van der Waals surface area contributed by atoms with E-state index in [0.29, 0.717) is 0 Å². The van der Waals surface area contributed by atoms with Crippen LogP contribution in [0.5, 0.6) is 0 Å². The standard InChI is InChI=1S/C64H45NO/c1-63(2)54-29-17-15-27-50(54)51-38-36-49(40-55(51)63)65(48-34-31-44(32-35-48)42-19-7-3-8-20-42)62-60-52-37-33-45(43-21-9-4-10-22-43)39-56(52)64(46-23-11-5-12-24-46,47-25-13-6-14-26-47)57(60)41-59-61(62)53-28-16-18-30-58(53)66-59/h3-41H,1-2H3. The number of rotatable bonds is 7. The van der Waals surface area contributed by atoms with Crippen molar-refractivity contribution in [2.75, 3.05) is 4.90 Å². The van der Waals surface area contributed by atoms with Crippen molar-refractivity contribution >= 4 is 39.0 Å². The van der Waals surface area contributed by atoms with Crippen molar-refractivity contribution in [3.8, 4) is 44.5 Å². The molecule has 0 unspecified atom stereocenters. The highest BCUT2D eigenvalue weighted by molar-refractivity contribution is 6.19. The molecule has 10 aromatic carbocycles. The largest absolute Gasteiger partial charge is 0.456 e. The minimum atomic E-state index is -0.690. The molecule has 312 valence electrons. The van der Waals surface area contributed by atoms with E-state index in [4.69, 9.17) is 4.42 Å². The summed E-state index contributed by atoms with van der Waals surface area (Å²) in [4.78, 5) is 2.54. The molecule has 0 saturated carbocycles. The Bertz CT molecular complexity index is 3600. The molecule has 2 aliphatic carbocycles. The first-order valence-corrected chi connectivity index (χ1v) is 23.0. The van der Waals surface area contributed by atoms with Crippen LogP contribution in [0.1, 0.15) is 47.2 Å². The predicted molar refractivity (Wildman–Crippen MR) is 274 cm³/mol. The third kappa shape index (κ3) is 5.55. The topological polar surface area (TPSA) is 16.4 Å². The van der Waals surface area contributed by atoms with Crippen LogP contribution in [0.4, 0.5) is 17.1 Å². The summed E-state index contributed by atoms with van der Waals surface area (Å²) in [6, 6.07) is 87.0. The van der Waals surface area contributed by atoms with Crippen molar-refractivity contribution in [1.82, 2.24) is 0 Å². The quantitative estimate of drug-likeness (QED) is 0.159. The van der Waals surface area contributed by atoms with Crippen LogP contribution in [-0.2, 0) is 10.8 Å². The van der Waals surface area contributed by atoms with Gasteiger partial charge in [0.2, 0.25) is 0 Å². The molecule has 2 aliphatic rings. The van der Waals surface area contributed by atoms with Gasteiger partial charge in [0.25, 0.3) is 0 Å². The molecular formula is C64H45NO. The minimum absolute atomic E-state index is 0.197. The number of fused-ring (bicyclic) bond motifs is 9. The van der Waals surface area contributed by atoms with E-state index >= 15 is 0 Å². The van der Waals surface area contributed by atoms with Crippen LogP contribution in [0.15, 0.2) is 241 Å². The van der Waals surface area contributed by atoms with E-state index in [1.807, 2.05) is 0 Å². The third-order valence-electron chi connectivity index (χ3n) is 14.5. The number of furan rings is 1. The summed E-state index contributed by atoms with van der Waals surface area (Å²) in [6.45, 7) is 4.74. The van der Waals surface area contributed by atoms with Crippen LogP contribution in [-0.4, -0.2) is 0 Å². The SMILES string of the molecule is CC1(C)c2ccccc2-c2ccc(N(c3ccc(-c4ccccc4)cc3)c3c4c(cc5oc6ccccc6c35)C(c3ccccc3)(c3ccccc3)c3cc(-c5ccccc5)ccc3-4)cc21. The predicted octanol–water partition coefficient (Wildman–Crippen LogP) is 17.1. The lowest BCUT2D eigenvalue weighted by molar-refractivity contribution is 0.660. The Balaban J connectivity index is 1.19. The van der Waals surface area contributed by atoms with E-state index < -0.39 is 5.41 Å². The zero-order chi connectivity index (χ0) is 44.0. The molecule has 0 saturated heterocycles. The highest BCUT2D eigenvalue weighted by atomic mass is 16.3. The fourth-order valence-electron chi connectivity index (χ4n) is 11.5. The molecule has 1 heterocycles. The van der Waals surface area contributed by atoms with Crippen LogP contribution < -0.4 is 4.90 Å². The van der Waals surface area contributed by atoms with E-state index in [-0.39, 0.29) is 5.41 Å². The second-order valence-corrected chi connectivity index (χ2v) is 18.4. The maximum absolute atomic E-state index is 7.10. The Morgan fingerprint density at radius 3 is 1.59 bits per heavy atom. The number of benzene rings is 10. The van der Waals surface area contributed by atoms with E-state index in [1.54, 1.807) is 0 Å². The summed E-state index contributed by atoms with van der Waals surface area (Å²) >= 11 is 0. The van der Waals surface area contributed by atoms with Gasteiger partial charge in [0, 0.05) is 27.7 Å². The normalized spacial score (nSPS) is 13.8. The number of hydrogen-bond acceptors (Lipinski definition) is 2. The fourth-order valence-corrected chi connectivity index (χ4v) is 11.5. The van der Waals surface area contributed by atoms with E-state index in [0.717, 1.165) is 39.0 Å². The highest BCUT2D eigenvalue weighted by Crippen LogP contribution is 2.63. The Hall–Kier alpha value is -8.20. The monoisotopic (exact) mass is 843 g/mol. The van der Waals surface area contributed by atoms with Gasteiger partial charge in [-0.25, -0.2) is 0 Å². The molecule has 66 heavy (non-hydrogen) atoms. The van der Waals surface area contributed by atoms with Crippen molar-refractivity contribution in [2.45, 2.75) is 24.7 Å². The zero-order valence-corrected chi connectivity index (χ0v) is 36.9. The van der Waals surface area contributed by atoms with Gasteiger partial charge in [-0.1, -0.05) is 208 Å². The van der Waals surface area contributed by atoms with Gasteiger partial charge >= 0.3 is 0 Å². The Kier molecular flexibility index (Phi) is 8.51. The first kappa shape index (κ1) is 38.3. The van der Waals surface area contributed by atoms with Crippen molar-refractivity contribution in [3.05, 3.63) is 270 Å². The zero-order valence-electron chi connectivity index (χ0n) is 36.9. The molecule has 2 nitrogen and oxygen atoms in total. The van der Waals surface area contributed by atoms with Gasteiger partial charge < -0.3 is 9.32 Å². The van der Waals surface area contributed by atoms with Crippen LogP contribution >= 0.6 is 0 Å². The van der Waals surface area contributed by atoms with Gasteiger partial charge in [0.1, 0.15) is 11.2 Å². The second-order valence-electron chi connectivity index (χ2n) is 18.4. The first-order chi connectivity index (χ1) is 32.5. The van der Waals surface area contributed by atoms with Gasteiger partial charge in [0.05, 0.1) is 16.5 Å². The molecule has 11 aromatic rings. The number of nitrogens with zero attached hydrogens (tertiary/aromatic N) is 1. The Morgan fingerprint density at radius 1 is 0.364 bits per heavy atom. The lowest BCUT2D eigenvalue weighted by Gasteiger charge is -2.35. The van der Waals surface area contributed by atoms with Gasteiger partial charge in [-0.15, -0.1) is 0 Å². The molecule has 13 rings (SSSR count). The smallest absolute Gasteiger partial charge is 0.137 e. The van der Waals surface area contributed by atoms with Crippen LogP contribution in [0.2, 0.25) is 0 Å². The van der Waals surface area contributed by atoms with Gasteiger partial charge in [-0.3, -0.25) is 0 Å². The Labute approximate surface area is 385 Å². The van der Waals surface area contributed by atoms with E-state index in [2.05, 4.69) is 255 Å². The van der Waals surface area contributed by atoms with Crippen molar-refractivity contribution < 1.29 is 4.42 Å². The molecular weight excluding hydrogens is 799 g/mol. The van der Waals surface area contributed by atoms with E-state index in [1.165, 1.54) is 77.9 Å². The number of hydrogen-bond donors (Lipinski definition) is 0. The Morgan fingerprint density at radius 2 is 0.894 bits per heavy atom. The maximum Gasteiger partial charge on any atom is 0.137 e. The molecule has 0 bridgehead atoms. The molecule has 0 fully saturated rings. The van der Waals surface area contributed by atoms with Crippen LogP contribution in [0.3, 0.4) is 0 Å².